The zero-order valence-corrected chi connectivity index (χ0v) is 10.4. The fourth-order valence-corrected chi connectivity index (χ4v) is 2.30. The Balaban J connectivity index is 1.89. The number of aromatic amines is 1. The minimum Gasteiger partial charge on any atom is -0.454 e. The predicted molar refractivity (Wildman–Crippen MR) is 72.4 cm³/mol. The van der Waals surface area contributed by atoms with E-state index >= 15 is 0 Å². The first-order valence-electron chi connectivity index (χ1n) is 6.14. The molecule has 0 saturated heterocycles. The lowest BCUT2D eigenvalue weighted by Gasteiger charge is -1.99. The number of benzene rings is 2. The molecule has 0 amide bonds. The van der Waals surface area contributed by atoms with Crippen LogP contribution in [0.5, 0.6) is 11.5 Å². The van der Waals surface area contributed by atoms with E-state index in [-0.39, 0.29) is 6.79 Å². The first kappa shape index (κ1) is 10.9. The van der Waals surface area contributed by atoms with Gasteiger partial charge in [0.05, 0.1) is 11.1 Å². The van der Waals surface area contributed by atoms with Crippen molar-refractivity contribution in [2.24, 2.45) is 0 Å². The summed E-state index contributed by atoms with van der Waals surface area (Å²) in [5.74, 6) is 2.16. The second-order valence-corrected chi connectivity index (χ2v) is 4.47. The number of imidazole rings is 1. The van der Waals surface area contributed by atoms with Crippen molar-refractivity contribution in [3.05, 3.63) is 42.0 Å². The summed E-state index contributed by atoms with van der Waals surface area (Å²) in [6.07, 6.45) is 0. The highest BCUT2D eigenvalue weighted by atomic mass is 16.7. The van der Waals surface area contributed by atoms with Crippen LogP contribution in [0.25, 0.3) is 22.4 Å². The Labute approximate surface area is 114 Å². The molecule has 96 valence electrons. The summed E-state index contributed by atoms with van der Waals surface area (Å²) in [5.41, 5.74) is 2.99. The summed E-state index contributed by atoms with van der Waals surface area (Å²) >= 11 is 0. The number of nitrogens with zero attached hydrogens (tertiary/aromatic N) is 2. The number of ether oxygens (including phenoxy) is 2. The summed E-state index contributed by atoms with van der Waals surface area (Å²) in [4.78, 5) is 7.72. The highest BCUT2D eigenvalue weighted by Gasteiger charge is 2.15. The number of nitriles is 1. The third-order valence-corrected chi connectivity index (χ3v) is 3.28. The molecule has 1 aliphatic rings. The van der Waals surface area contributed by atoms with Crippen LogP contribution in [0.1, 0.15) is 5.56 Å². The van der Waals surface area contributed by atoms with Crippen molar-refractivity contribution in [3.8, 4) is 29.0 Å². The molecular formula is C15H9N3O2. The van der Waals surface area contributed by atoms with E-state index in [9.17, 15) is 0 Å². The van der Waals surface area contributed by atoms with Gasteiger partial charge in [-0.3, -0.25) is 0 Å². The highest BCUT2D eigenvalue weighted by molar-refractivity contribution is 5.84. The van der Waals surface area contributed by atoms with Crippen molar-refractivity contribution in [1.29, 1.82) is 5.26 Å². The quantitative estimate of drug-likeness (QED) is 0.732. The van der Waals surface area contributed by atoms with Gasteiger partial charge in [-0.2, -0.15) is 5.26 Å². The molecule has 1 N–H and O–H groups in total. The fourth-order valence-electron chi connectivity index (χ4n) is 2.30. The monoisotopic (exact) mass is 263 g/mol. The molecule has 0 saturated carbocycles. The van der Waals surface area contributed by atoms with Crippen molar-refractivity contribution in [1.82, 2.24) is 9.97 Å². The molecule has 0 radical (unpaired) electrons. The normalized spacial score (nSPS) is 12.6. The van der Waals surface area contributed by atoms with E-state index in [0.717, 1.165) is 16.8 Å². The molecule has 1 aromatic heterocycles. The number of hydrogen-bond acceptors (Lipinski definition) is 4. The molecular weight excluding hydrogens is 254 g/mol. The smallest absolute Gasteiger partial charge is 0.231 e. The minimum absolute atomic E-state index is 0.248. The van der Waals surface area contributed by atoms with Crippen molar-refractivity contribution in [3.63, 3.8) is 0 Å². The maximum atomic E-state index is 9.10. The zero-order valence-electron chi connectivity index (χ0n) is 10.4. The van der Waals surface area contributed by atoms with Gasteiger partial charge in [0.15, 0.2) is 11.5 Å². The average Bonchev–Trinajstić information content (AvgIpc) is 3.11. The first-order chi connectivity index (χ1) is 9.85. The second-order valence-electron chi connectivity index (χ2n) is 4.47. The van der Waals surface area contributed by atoms with Crippen molar-refractivity contribution < 1.29 is 9.47 Å². The van der Waals surface area contributed by atoms with Gasteiger partial charge >= 0.3 is 0 Å². The molecule has 0 bridgehead atoms. The van der Waals surface area contributed by atoms with Crippen LogP contribution in [0.3, 0.4) is 0 Å². The SMILES string of the molecule is N#Cc1cccc2[nH]c(-c3ccc4c(c3)OCO4)nc12. The van der Waals surface area contributed by atoms with E-state index in [1.165, 1.54) is 0 Å². The summed E-state index contributed by atoms with van der Waals surface area (Å²) in [6, 6.07) is 13.3. The molecule has 1 aliphatic heterocycles. The lowest BCUT2D eigenvalue weighted by Crippen LogP contribution is -1.92. The van der Waals surface area contributed by atoms with Crippen LogP contribution in [-0.4, -0.2) is 16.8 Å². The largest absolute Gasteiger partial charge is 0.454 e. The molecule has 0 unspecified atom stereocenters. The third kappa shape index (κ3) is 1.52. The molecule has 2 aromatic carbocycles. The molecule has 5 nitrogen and oxygen atoms in total. The molecule has 0 atom stereocenters. The lowest BCUT2D eigenvalue weighted by atomic mass is 10.2. The highest BCUT2D eigenvalue weighted by Crippen LogP contribution is 2.35. The Morgan fingerprint density at radius 1 is 1.15 bits per heavy atom. The number of para-hydroxylation sites is 1. The Morgan fingerprint density at radius 3 is 2.95 bits per heavy atom. The Morgan fingerprint density at radius 2 is 2.05 bits per heavy atom. The standard InChI is InChI=1S/C15H9N3O2/c16-7-10-2-1-3-11-14(10)18-15(17-11)9-4-5-12-13(6-9)20-8-19-12/h1-6H,8H2,(H,17,18). The Hall–Kier alpha value is -3.00. The van der Waals surface area contributed by atoms with Gasteiger partial charge in [-0.25, -0.2) is 4.98 Å². The molecule has 20 heavy (non-hydrogen) atoms. The molecule has 2 heterocycles. The van der Waals surface area contributed by atoms with E-state index in [2.05, 4.69) is 16.0 Å². The number of fused-ring (bicyclic) bond motifs is 2. The minimum atomic E-state index is 0.248. The van der Waals surface area contributed by atoms with Gasteiger partial charge in [-0.05, 0) is 30.3 Å². The van der Waals surface area contributed by atoms with Crippen LogP contribution in [0.2, 0.25) is 0 Å². The van der Waals surface area contributed by atoms with Gasteiger partial charge in [-0.15, -0.1) is 0 Å². The van der Waals surface area contributed by atoms with E-state index in [0.29, 0.717) is 22.7 Å². The Bertz CT molecular complexity index is 861. The van der Waals surface area contributed by atoms with E-state index in [1.807, 2.05) is 30.3 Å². The maximum Gasteiger partial charge on any atom is 0.231 e. The van der Waals surface area contributed by atoms with Crippen LogP contribution in [0.4, 0.5) is 0 Å². The lowest BCUT2D eigenvalue weighted by molar-refractivity contribution is 0.174. The predicted octanol–water partition coefficient (Wildman–Crippen LogP) is 2.83. The number of aromatic nitrogens is 2. The number of H-pyrrole nitrogens is 1. The van der Waals surface area contributed by atoms with Gasteiger partial charge in [0, 0.05) is 5.56 Å². The van der Waals surface area contributed by atoms with E-state index in [4.69, 9.17) is 14.7 Å². The van der Waals surface area contributed by atoms with Crippen LogP contribution >= 0.6 is 0 Å². The van der Waals surface area contributed by atoms with Gasteiger partial charge in [0.1, 0.15) is 17.4 Å². The third-order valence-electron chi connectivity index (χ3n) is 3.28. The van der Waals surface area contributed by atoms with Gasteiger partial charge in [0.2, 0.25) is 6.79 Å². The summed E-state index contributed by atoms with van der Waals surface area (Å²) < 4.78 is 10.7. The van der Waals surface area contributed by atoms with Crippen LogP contribution in [0, 0.1) is 11.3 Å². The molecule has 5 heteroatoms. The van der Waals surface area contributed by atoms with Gasteiger partial charge in [0.25, 0.3) is 0 Å². The Kier molecular flexibility index (Phi) is 2.18. The summed E-state index contributed by atoms with van der Waals surface area (Å²) in [7, 11) is 0. The molecule has 3 aromatic rings. The van der Waals surface area contributed by atoms with E-state index in [1.54, 1.807) is 6.07 Å². The van der Waals surface area contributed by atoms with Crippen LogP contribution in [0.15, 0.2) is 36.4 Å². The van der Waals surface area contributed by atoms with Gasteiger partial charge in [-0.1, -0.05) is 6.07 Å². The van der Waals surface area contributed by atoms with Gasteiger partial charge < -0.3 is 14.5 Å². The second kappa shape index (κ2) is 4.00. The number of rotatable bonds is 1. The first-order valence-corrected chi connectivity index (χ1v) is 6.14. The van der Waals surface area contributed by atoms with Crippen LogP contribution < -0.4 is 9.47 Å². The maximum absolute atomic E-state index is 9.10. The number of hydrogen-bond donors (Lipinski definition) is 1. The number of nitrogens with one attached hydrogen (secondary N) is 1. The van der Waals surface area contributed by atoms with Crippen molar-refractivity contribution in [2.75, 3.05) is 6.79 Å². The zero-order chi connectivity index (χ0) is 13.5. The summed E-state index contributed by atoms with van der Waals surface area (Å²) in [5, 5.41) is 9.10. The van der Waals surface area contributed by atoms with Crippen molar-refractivity contribution in [2.45, 2.75) is 0 Å². The molecule has 4 rings (SSSR count). The van der Waals surface area contributed by atoms with Crippen molar-refractivity contribution >= 4 is 11.0 Å². The molecule has 0 aliphatic carbocycles. The summed E-state index contributed by atoms with van der Waals surface area (Å²) in [6.45, 7) is 0.248. The fraction of sp³-hybridized carbons (Fsp3) is 0.0667. The average molecular weight is 263 g/mol. The molecule has 0 fully saturated rings. The van der Waals surface area contributed by atoms with E-state index < -0.39 is 0 Å². The molecule has 0 spiro atoms. The topological polar surface area (TPSA) is 70.9 Å². The van der Waals surface area contributed by atoms with Crippen LogP contribution in [-0.2, 0) is 0 Å².